The van der Waals surface area contributed by atoms with Crippen molar-refractivity contribution in [1.29, 1.82) is 0 Å². The van der Waals surface area contributed by atoms with Crippen LogP contribution in [0, 0.1) is 0 Å². The summed E-state index contributed by atoms with van der Waals surface area (Å²) in [6, 6.07) is 11.5. The van der Waals surface area contributed by atoms with Crippen molar-refractivity contribution >= 4 is 17.7 Å². The molecule has 0 bridgehead atoms. The van der Waals surface area contributed by atoms with E-state index in [2.05, 4.69) is 10.2 Å². The first-order chi connectivity index (χ1) is 13.9. The molecule has 3 aromatic rings. The lowest BCUT2D eigenvalue weighted by molar-refractivity contribution is -0.131. The predicted molar refractivity (Wildman–Crippen MR) is 113 cm³/mol. The molecule has 0 radical (unpaired) electrons. The topological polar surface area (TPSA) is 73.4 Å². The zero-order valence-corrected chi connectivity index (χ0v) is 18.1. The molecule has 29 heavy (non-hydrogen) atoms. The number of thioether (sulfide) groups is 1. The fourth-order valence-electron chi connectivity index (χ4n) is 3.27. The maximum Gasteiger partial charge on any atom is 0.233 e. The summed E-state index contributed by atoms with van der Waals surface area (Å²) in [6.07, 6.45) is 1.60. The number of aromatic nitrogens is 3. The van der Waals surface area contributed by atoms with Gasteiger partial charge in [0.25, 0.3) is 0 Å². The van der Waals surface area contributed by atoms with E-state index in [0.717, 1.165) is 11.4 Å². The first kappa shape index (κ1) is 21.0. The fraction of sp³-hybridized carbons (Fsp3) is 0.381. The number of ether oxygens (including phenoxy) is 1. The van der Waals surface area contributed by atoms with Crippen LogP contribution in [0.25, 0.3) is 17.3 Å². The summed E-state index contributed by atoms with van der Waals surface area (Å²) in [6.45, 7) is 8.10. The van der Waals surface area contributed by atoms with Gasteiger partial charge in [0.2, 0.25) is 11.7 Å². The van der Waals surface area contributed by atoms with Gasteiger partial charge < -0.3 is 14.1 Å². The number of furan rings is 1. The van der Waals surface area contributed by atoms with Crippen LogP contribution < -0.4 is 4.74 Å². The molecular weight excluding hydrogens is 388 g/mol. The first-order valence-corrected chi connectivity index (χ1v) is 10.5. The fourth-order valence-corrected chi connectivity index (χ4v) is 4.09. The molecule has 0 N–H and O–H groups in total. The van der Waals surface area contributed by atoms with Crippen LogP contribution in [0.2, 0.25) is 0 Å². The second-order valence-corrected chi connectivity index (χ2v) is 8.04. The summed E-state index contributed by atoms with van der Waals surface area (Å²) < 4.78 is 12.7. The van der Waals surface area contributed by atoms with E-state index >= 15 is 0 Å². The van der Waals surface area contributed by atoms with Crippen LogP contribution >= 0.6 is 11.8 Å². The van der Waals surface area contributed by atoms with E-state index in [4.69, 9.17) is 9.15 Å². The van der Waals surface area contributed by atoms with Crippen LogP contribution in [-0.4, -0.2) is 50.5 Å². The number of methoxy groups -OCH3 is 1. The molecule has 0 unspecified atom stereocenters. The lowest BCUT2D eigenvalue weighted by atomic mass is 10.2. The highest BCUT2D eigenvalue weighted by molar-refractivity contribution is 7.99. The number of nitrogens with zero attached hydrogens (tertiary/aromatic N) is 4. The third-order valence-electron chi connectivity index (χ3n) is 4.43. The molecule has 0 aliphatic carbocycles. The van der Waals surface area contributed by atoms with E-state index in [1.165, 1.54) is 11.8 Å². The standard InChI is InChI=1S/C21H26N4O3S/c1-14(2)24(15(3)4)19(26)13-29-21-23-22-20(18-7-6-12-28-18)25(21)16-8-10-17(27-5)11-9-16/h6-12,14-15H,13H2,1-5H3. The minimum Gasteiger partial charge on any atom is -0.497 e. The Bertz CT molecular complexity index is 926. The highest BCUT2D eigenvalue weighted by Gasteiger charge is 2.23. The summed E-state index contributed by atoms with van der Waals surface area (Å²) in [5.74, 6) is 2.30. The van der Waals surface area contributed by atoms with E-state index in [0.29, 0.717) is 16.7 Å². The monoisotopic (exact) mass is 414 g/mol. The average Bonchev–Trinajstić information content (AvgIpc) is 3.35. The number of benzene rings is 1. The molecule has 2 heterocycles. The molecule has 3 rings (SSSR count). The van der Waals surface area contributed by atoms with Crippen molar-refractivity contribution in [3.63, 3.8) is 0 Å². The molecule has 7 nitrogen and oxygen atoms in total. The number of rotatable bonds is 8. The molecule has 0 aliphatic rings. The van der Waals surface area contributed by atoms with E-state index < -0.39 is 0 Å². The van der Waals surface area contributed by atoms with Crippen LogP contribution in [0.3, 0.4) is 0 Å². The lowest BCUT2D eigenvalue weighted by Gasteiger charge is -2.30. The summed E-state index contributed by atoms with van der Waals surface area (Å²) in [7, 11) is 1.63. The quantitative estimate of drug-likeness (QED) is 0.513. The van der Waals surface area contributed by atoms with Gasteiger partial charge in [0, 0.05) is 12.1 Å². The minimum atomic E-state index is 0.0730. The Morgan fingerprint density at radius 1 is 1.14 bits per heavy atom. The van der Waals surface area contributed by atoms with Crippen molar-refractivity contribution in [3.05, 3.63) is 42.7 Å². The summed E-state index contributed by atoms with van der Waals surface area (Å²) in [4.78, 5) is 14.7. The molecule has 0 saturated carbocycles. The summed E-state index contributed by atoms with van der Waals surface area (Å²) in [5.41, 5.74) is 0.863. The molecule has 0 atom stereocenters. The van der Waals surface area contributed by atoms with Gasteiger partial charge in [-0.15, -0.1) is 10.2 Å². The van der Waals surface area contributed by atoms with E-state index in [9.17, 15) is 4.79 Å². The molecule has 0 fully saturated rings. The smallest absolute Gasteiger partial charge is 0.233 e. The molecule has 0 spiro atoms. The second-order valence-electron chi connectivity index (χ2n) is 7.09. The van der Waals surface area contributed by atoms with Crippen molar-refractivity contribution in [1.82, 2.24) is 19.7 Å². The average molecular weight is 415 g/mol. The van der Waals surface area contributed by atoms with E-state index in [-0.39, 0.29) is 23.7 Å². The van der Waals surface area contributed by atoms with Crippen LogP contribution in [-0.2, 0) is 4.79 Å². The van der Waals surface area contributed by atoms with Gasteiger partial charge in [-0.25, -0.2) is 0 Å². The van der Waals surface area contributed by atoms with E-state index in [1.807, 2.05) is 73.6 Å². The van der Waals surface area contributed by atoms with Gasteiger partial charge in [-0.05, 0) is 64.1 Å². The molecule has 2 aromatic heterocycles. The maximum absolute atomic E-state index is 12.8. The zero-order valence-electron chi connectivity index (χ0n) is 17.3. The lowest BCUT2D eigenvalue weighted by Crippen LogP contribution is -2.43. The SMILES string of the molecule is COc1ccc(-n2c(SCC(=O)N(C(C)C)C(C)C)nnc2-c2ccco2)cc1. The predicted octanol–water partition coefficient (Wildman–Crippen LogP) is 4.27. The number of carbonyl (C=O) groups excluding carboxylic acids is 1. The highest BCUT2D eigenvalue weighted by Crippen LogP contribution is 2.29. The van der Waals surface area contributed by atoms with E-state index in [1.54, 1.807) is 13.4 Å². The Morgan fingerprint density at radius 2 is 1.83 bits per heavy atom. The van der Waals surface area contributed by atoms with Gasteiger partial charge in [-0.2, -0.15) is 0 Å². The molecule has 8 heteroatoms. The normalized spacial score (nSPS) is 11.3. The Morgan fingerprint density at radius 3 is 2.38 bits per heavy atom. The van der Waals surface area contributed by atoms with Gasteiger partial charge >= 0.3 is 0 Å². The van der Waals surface area contributed by atoms with Crippen molar-refractivity contribution in [2.24, 2.45) is 0 Å². The summed E-state index contributed by atoms with van der Waals surface area (Å²) in [5, 5.41) is 9.27. The van der Waals surface area contributed by atoms with Crippen LogP contribution in [0.1, 0.15) is 27.7 Å². The highest BCUT2D eigenvalue weighted by atomic mass is 32.2. The van der Waals surface area contributed by atoms with Crippen molar-refractivity contribution in [2.75, 3.05) is 12.9 Å². The summed E-state index contributed by atoms with van der Waals surface area (Å²) >= 11 is 1.37. The Labute approximate surface area is 175 Å². The Balaban J connectivity index is 1.91. The zero-order chi connectivity index (χ0) is 21.0. The van der Waals surface area contributed by atoms with Crippen LogP contribution in [0.4, 0.5) is 0 Å². The van der Waals surface area contributed by atoms with Crippen LogP contribution in [0.15, 0.2) is 52.2 Å². The third-order valence-corrected chi connectivity index (χ3v) is 5.34. The Hall–Kier alpha value is -2.74. The van der Waals surface area contributed by atoms with Gasteiger partial charge in [0.1, 0.15) is 5.75 Å². The number of amides is 1. The molecule has 0 aliphatic heterocycles. The van der Waals surface area contributed by atoms with Gasteiger partial charge in [0.15, 0.2) is 10.9 Å². The van der Waals surface area contributed by atoms with Crippen molar-refractivity contribution in [3.8, 4) is 23.0 Å². The van der Waals surface area contributed by atoms with Crippen LogP contribution in [0.5, 0.6) is 5.75 Å². The number of hydrogen-bond donors (Lipinski definition) is 0. The van der Waals surface area contributed by atoms with Crippen molar-refractivity contribution < 1.29 is 13.9 Å². The third kappa shape index (κ3) is 4.64. The second kappa shape index (κ2) is 9.17. The van der Waals surface area contributed by atoms with Gasteiger partial charge in [-0.3, -0.25) is 9.36 Å². The first-order valence-electron chi connectivity index (χ1n) is 9.50. The van der Waals surface area contributed by atoms with Gasteiger partial charge in [-0.1, -0.05) is 11.8 Å². The van der Waals surface area contributed by atoms with Crippen molar-refractivity contribution in [2.45, 2.75) is 44.9 Å². The molecule has 1 aromatic carbocycles. The van der Waals surface area contributed by atoms with Gasteiger partial charge in [0.05, 0.1) is 24.8 Å². The number of carbonyl (C=O) groups is 1. The molecule has 0 saturated heterocycles. The maximum atomic E-state index is 12.8. The minimum absolute atomic E-state index is 0.0730. The molecular formula is C21H26N4O3S. The molecule has 1 amide bonds. The largest absolute Gasteiger partial charge is 0.497 e. The number of hydrogen-bond acceptors (Lipinski definition) is 6. The molecule has 154 valence electrons. The Kier molecular flexibility index (Phi) is 6.64.